The molecule has 4 aromatic rings. The van der Waals surface area contributed by atoms with E-state index < -0.39 is 0 Å². The number of anilines is 1. The highest BCUT2D eigenvalue weighted by molar-refractivity contribution is 6.31. The van der Waals surface area contributed by atoms with Crippen LogP contribution in [0.3, 0.4) is 0 Å². The molecule has 5 rings (SSSR count). The first-order valence-electron chi connectivity index (χ1n) is 13.0. The topological polar surface area (TPSA) is 76.5 Å². The predicted molar refractivity (Wildman–Crippen MR) is 154 cm³/mol. The molecule has 8 heteroatoms. The molecule has 0 unspecified atom stereocenters. The van der Waals surface area contributed by atoms with Gasteiger partial charge in [0, 0.05) is 53.7 Å². The summed E-state index contributed by atoms with van der Waals surface area (Å²) < 4.78 is 7.02. The number of rotatable bonds is 6. The Morgan fingerprint density at radius 3 is 2.38 bits per heavy atom. The smallest absolute Gasteiger partial charge is 0.255 e. The number of likely N-dealkylation sites (tertiary alicyclic amines) is 1. The van der Waals surface area contributed by atoms with Crippen molar-refractivity contribution in [3.05, 3.63) is 100 Å². The van der Waals surface area contributed by atoms with E-state index >= 15 is 0 Å². The lowest BCUT2D eigenvalue weighted by atomic mass is 9.88. The zero-order chi connectivity index (χ0) is 27.5. The molecule has 2 amide bonds. The van der Waals surface area contributed by atoms with Crippen molar-refractivity contribution in [1.29, 1.82) is 0 Å². The van der Waals surface area contributed by atoms with Crippen LogP contribution in [0.25, 0.3) is 11.1 Å². The van der Waals surface area contributed by atoms with Crippen LogP contribution in [-0.2, 0) is 7.05 Å². The number of methoxy groups -OCH3 is 1. The number of piperidine rings is 1. The lowest BCUT2D eigenvalue weighted by Gasteiger charge is -2.32. The number of hydrogen-bond acceptors (Lipinski definition) is 4. The summed E-state index contributed by atoms with van der Waals surface area (Å²) in [7, 11) is 3.44. The number of aromatic nitrogens is 2. The summed E-state index contributed by atoms with van der Waals surface area (Å²) >= 11 is 6.13. The number of aryl methyl sites for hydroxylation is 2. The van der Waals surface area contributed by atoms with Gasteiger partial charge in [0.1, 0.15) is 5.75 Å². The Labute approximate surface area is 233 Å². The summed E-state index contributed by atoms with van der Waals surface area (Å²) in [5, 5.41) is 7.58. The third kappa shape index (κ3) is 5.99. The number of hydrogen-bond donors (Lipinski definition) is 1. The molecular formula is C31H31ClN4O3. The van der Waals surface area contributed by atoms with Crippen molar-refractivity contribution in [3.63, 3.8) is 0 Å². The fraction of sp³-hybridized carbons (Fsp3) is 0.258. The van der Waals surface area contributed by atoms with Crippen molar-refractivity contribution in [2.24, 2.45) is 7.05 Å². The van der Waals surface area contributed by atoms with Gasteiger partial charge in [0.25, 0.3) is 11.8 Å². The van der Waals surface area contributed by atoms with Gasteiger partial charge >= 0.3 is 0 Å². The number of nitrogens with one attached hydrogen (secondary N) is 1. The molecule has 0 atom stereocenters. The minimum Gasteiger partial charge on any atom is -0.497 e. The molecule has 1 aliphatic heterocycles. The van der Waals surface area contributed by atoms with Crippen molar-refractivity contribution in [3.8, 4) is 16.9 Å². The number of ether oxygens (including phenoxy) is 1. The van der Waals surface area contributed by atoms with Crippen LogP contribution >= 0.6 is 11.6 Å². The summed E-state index contributed by atoms with van der Waals surface area (Å²) in [4.78, 5) is 28.2. The normalized spacial score (nSPS) is 13.8. The maximum absolute atomic E-state index is 13.4. The number of benzene rings is 3. The summed E-state index contributed by atoms with van der Waals surface area (Å²) in [6.45, 7) is 3.27. The molecule has 1 fully saturated rings. The van der Waals surface area contributed by atoms with Gasteiger partial charge in [0.15, 0.2) is 0 Å². The number of carbonyl (C=O) groups is 2. The van der Waals surface area contributed by atoms with E-state index in [-0.39, 0.29) is 11.8 Å². The molecule has 1 N–H and O–H groups in total. The van der Waals surface area contributed by atoms with E-state index in [0.717, 1.165) is 29.5 Å². The summed E-state index contributed by atoms with van der Waals surface area (Å²) in [5.74, 6) is 0.569. The van der Waals surface area contributed by atoms with Gasteiger partial charge in [-0.3, -0.25) is 14.3 Å². The van der Waals surface area contributed by atoms with E-state index in [2.05, 4.69) is 34.7 Å². The Bertz CT molecular complexity index is 1500. The van der Waals surface area contributed by atoms with Gasteiger partial charge in [-0.15, -0.1) is 0 Å². The molecule has 0 saturated carbocycles. The second-order valence-corrected chi connectivity index (χ2v) is 10.4. The minimum atomic E-state index is -0.321. The van der Waals surface area contributed by atoms with Crippen LogP contribution in [0.2, 0.25) is 5.02 Å². The monoisotopic (exact) mass is 542 g/mol. The fourth-order valence-corrected chi connectivity index (χ4v) is 5.24. The van der Waals surface area contributed by atoms with E-state index in [4.69, 9.17) is 16.3 Å². The molecule has 2 heterocycles. The molecule has 0 radical (unpaired) electrons. The quantitative estimate of drug-likeness (QED) is 0.309. The SMILES string of the molecule is COc1cc(Cl)cc(C(=O)Nc2cc(C(=O)N3CCC(c4ccc(-c5cnn(C)c5)cc4)CC3)ccc2C)c1. The highest BCUT2D eigenvalue weighted by atomic mass is 35.5. The second kappa shape index (κ2) is 11.3. The van der Waals surface area contributed by atoms with Crippen LogP contribution in [0, 0.1) is 6.92 Å². The summed E-state index contributed by atoms with van der Waals surface area (Å²) in [5.41, 5.74) is 5.94. The zero-order valence-corrected chi connectivity index (χ0v) is 23.0. The van der Waals surface area contributed by atoms with Crippen LogP contribution in [-0.4, -0.2) is 46.7 Å². The molecule has 7 nitrogen and oxygen atoms in total. The number of carbonyl (C=O) groups excluding carboxylic acids is 2. The highest BCUT2D eigenvalue weighted by Gasteiger charge is 2.25. The molecule has 1 aliphatic rings. The first-order chi connectivity index (χ1) is 18.8. The molecule has 0 aliphatic carbocycles. The van der Waals surface area contributed by atoms with Crippen LogP contribution in [0.5, 0.6) is 5.75 Å². The summed E-state index contributed by atoms with van der Waals surface area (Å²) in [6.07, 6.45) is 5.69. The van der Waals surface area contributed by atoms with E-state index in [0.29, 0.717) is 46.6 Å². The van der Waals surface area contributed by atoms with Gasteiger partial charge < -0.3 is 15.0 Å². The molecule has 200 valence electrons. The Hall–Kier alpha value is -4.10. The third-order valence-corrected chi connectivity index (χ3v) is 7.52. The van der Waals surface area contributed by atoms with Crippen LogP contribution in [0.4, 0.5) is 5.69 Å². The van der Waals surface area contributed by atoms with Gasteiger partial charge in [-0.1, -0.05) is 41.9 Å². The largest absolute Gasteiger partial charge is 0.497 e. The minimum absolute atomic E-state index is 0.0275. The van der Waals surface area contributed by atoms with Crippen LogP contribution in [0.15, 0.2) is 73.1 Å². The number of nitrogens with zero attached hydrogens (tertiary/aromatic N) is 3. The van der Waals surface area contributed by atoms with Crippen molar-refractivity contribution in [2.45, 2.75) is 25.7 Å². The number of halogens is 1. The van der Waals surface area contributed by atoms with Gasteiger partial charge in [0.2, 0.25) is 0 Å². The second-order valence-electron chi connectivity index (χ2n) is 9.95. The maximum atomic E-state index is 13.4. The van der Waals surface area contributed by atoms with Crippen LogP contribution < -0.4 is 10.1 Å². The van der Waals surface area contributed by atoms with Gasteiger partial charge in [-0.2, -0.15) is 5.10 Å². The molecule has 1 saturated heterocycles. The van der Waals surface area contributed by atoms with E-state index in [9.17, 15) is 9.59 Å². The van der Waals surface area contributed by atoms with E-state index in [1.807, 2.05) is 43.4 Å². The average molecular weight is 543 g/mol. The molecule has 0 spiro atoms. The zero-order valence-electron chi connectivity index (χ0n) is 22.3. The molecular weight excluding hydrogens is 512 g/mol. The van der Waals surface area contributed by atoms with E-state index in [1.165, 1.54) is 12.7 Å². The number of amides is 2. The lowest BCUT2D eigenvalue weighted by Crippen LogP contribution is -2.38. The van der Waals surface area contributed by atoms with Crippen molar-refractivity contribution in [2.75, 3.05) is 25.5 Å². The molecule has 39 heavy (non-hydrogen) atoms. The van der Waals surface area contributed by atoms with Crippen molar-refractivity contribution < 1.29 is 14.3 Å². The predicted octanol–water partition coefficient (Wildman–Crippen LogP) is 6.33. The highest BCUT2D eigenvalue weighted by Crippen LogP contribution is 2.31. The standard InChI is InChI=1S/C31H31ClN4O3/c1-20-4-5-24(16-29(20)34-30(37)25-14-27(32)17-28(15-25)39-3)31(38)36-12-10-23(11-13-36)21-6-8-22(9-7-21)26-18-33-35(2)19-26/h4-9,14-19,23H,10-13H2,1-3H3,(H,34,37). The Kier molecular flexibility index (Phi) is 7.70. The summed E-state index contributed by atoms with van der Waals surface area (Å²) in [6, 6.07) is 18.9. The molecule has 0 bridgehead atoms. The average Bonchev–Trinajstić information content (AvgIpc) is 3.39. The van der Waals surface area contributed by atoms with Crippen molar-refractivity contribution in [1.82, 2.24) is 14.7 Å². The Morgan fingerprint density at radius 2 is 1.72 bits per heavy atom. The van der Waals surface area contributed by atoms with Crippen LogP contribution in [0.1, 0.15) is 50.6 Å². The third-order valence-electron chi connectivity index (χ3n) is 7.30. The Balaban J connectivity index is 1.23. The van der Waals surface area contributed by atoms with Gasteiger partial charge in [-0.05, 0) is 72.7 Å². The Morgan fingerprint density at radius 1 is 0.974 bits per heavy atom. The maximum Gasteiger partial charge on any atom is 0.255 e. The first kappa shape index (κ1) is 26.5. The van der Waals surface area contributed by atoms with E-state index in [1.54, 1.807) is 28.9 Å². The molecule has 3 aromatic carbocycles. The lowest BCUT2D eigenvalue weighted by molar-refractivity contribution is 0.0712. The van der Waals surface area contributed by atoms with Gasteiger partial charge in [-0.25, -0.2) is 0 Å². The van der Waals surface area contributed by atoms with Gasteiger partial charge in [0.05, 0.1) is 13.3 Å². The van der Waals surface area contributed by atoms with Crippen molar-refractivity contribution >= 4 is 29.1 Å². The molecule has 1 aromatic heterocycles. The first-order valence-corrected chi connectivity index (χ1v) is 13.3. The fourth-order valence-electron chi connectivity index (χ4n) is 5.01.